The van der Waals surface area contributed by atoms with E-state index in [1.54, 1.807) is 60.9 Å². The molecule has 2 aromatic carbocycles. The van der Waals surface area contributed by atoms with Crippen molar-refractivity contribution in [3.8, 4) is 6.07 Å². The Morgan fingerprint density at radius 3 is 2.55 bits per heavy atom. The summed E-state index contributed by atoms with van der Waals surface area (Å²) in [7, 11) is 0. The van der Waals surface area contributed by atoms with Crippen LogP contribution >= 0.6 is 0 Å². The SMILES string of the molecule is C[C@@H](OC(=O)c1ccccc1NCc1ccco1)C(=O)Nc1ccc(C#N)cc1. The van der Waals surface area contributed by atoms with Crippen molar-refractivity contribution in [3.05, 3.63) is 83.8 Å². The van der Waals surface area contributed by atoms with Crippen molar-refractivity contribution in [3.63, 3.8) is 0 Å². The third-order valence-corrected chi connectivity index (χ3v) is 4.11. The zero-order valence-corrected chi connectivity index (χ0v) is 15.7. The molecular formula is C22H19N3O4. The third kappa shape index (κ3) is 5.23. The van der Waals surface area contributed by atoms with Gasteiger partial charge in [0.05, 0.1) is 30.0 Å². The molecule has 1 atom stereocenters. The molecule has 0 fully saturated rings. The molecule has 0 aliphatic carbocycles. The molecule has 1 amide bonds. The number of benzene rings is 2. The summed E-state index contributed by atoms with van der Waals surface area (Å²) in [6.07, 6.45) is 0.571. The summed E-state index contributed by atoms with van der Waals surface area (Å²) in [6.45, 7) is 1.90. The summed E-state index contributed by atoms with van der Waals surface area (Å²) in [5, 5.41) is 14.6. The fourth-order valence-corrected chi connectivity index (χ4v) is 2.56. The summed E-state index contributed by atoms with van der Waals surface area (Å²) < 4.78 is 10.6. The maximum absolute atomic E-state index is 12.6. The molecule has 0 bridgehead atoms. The third-order valence-electron chi connectivity index (χ3n) is 4.11. The van der Waals surface area contributed by atoms with E-state index in [2.05, 4.69) is 10.6 Å². The average Bonchev–Trinajstić information content (AvgIpc) is 3.26. The van der Waals surface area contributed by atoms with Crippen molar-refractivity contribution < 1.29 is 18.7 Å². The highest BCUT2D eigenvalue weighted by atomic mass is 16.5. The van der Waals surface area contributed by atoms with Crippen molar-refractivity contribution in [2.45, 2.75) is 19.6 Å². The number of carbonyl (C=O) groups is 2. The van der Waals surface area contributed by atoms with Crippen LogP contribution in [0.15, 0.2) is 71.3 Å². The number of carbonyl (C=O) groups excluding carboxylic acids is 2. The van der Waals surface area contributed by atoms with Gasteiger partial charge in [-0.15, -0.1) is 0 Å². The van der Waals surface area contributed by atoms with Gasteiger partial charge in [0.2, 0.25) is 0 Å². The minimum atomic E-state index is -1.00. The van der Waals surface area contributed by atoms with Crippen molar-refractivity contribution >= 4 is 23.3 Å². The van der Waals surface area contributed by atoms with Crippen molar-refractivity contribution in [1.82, 2.24) is 0 Å². The van der Waals surface area contributed by atoms with Crippen LogP contribution in [0.2, 0.25) is 0 Å². The van der Waals surface area contributed by atoms with Crippen LogP contribution in [0.5, 0.6) is 0 Å². The number of furan rings is 1. The first-order valence-electron chi connectivity index (χ1n) is 8.94. The summed E-state index contributed by atoms with van der Waals surface area (Å²) in [6, 6.07) is 18.9. The summed E-state index contributed by atoms with van der Waals surface area (Å²) in [5.74, 6) is -0.359. The Bertz CT molecular complexity index is 1020. The molecule has 0 aliphatic heterocycles. The molecule has 3 rings (SSSR count). The van der Waals surface area contributed by atoms with Gasteiger partial charge in [-0.05, 0) is 55.5 Å². The number of anilines is 2. The molecule has 2 N–H and O–H groups in total. The van der Waals surface area contributed by atoms with Crippen LogP contribution < -0.4 is 10.6 Å². The summed E-state index contributed by atoms with van der Waals surface area (Å²) >= 11 is 0. The van der Waals surface area contributed by atoms with Gasteiger partial charge in [-0.1, -0.05) is 12.1 Å². The number of esters is 1. The first-order chi connectivity index (χ1) is 14.1. The molecule has 146 valence electrons. The number of ether oxygens (including phenoxy) is 1. The Kier molecular flexibility index (Phi) is 6.28. The number of nitrogens with zero attached hydrogens (tertiary/aromatic N) is 1. The molecule has 0 saturated heterocycles. The second kappa shape index (κ2) is 9.24. The highest BCUT2D eigenvalue weighted by molar-refractivity contribution is 5.99. The Morgan fingerprint density at radius 2 is 1.86 bits per heavy atom. The van der Waals surface area contributed by atoms with Crippen LogP contribution in [-0.2, 0) is 16.1 Å². The second-order valence-electron chi connectivity index (χ2n) is 6.20. The minimum absolute atomic E-state index is 0.317. The van der Waals surface area contributed by atoms with Gasteiger partial charge in [0.1, 0.15) is 5.76 Å². The number of rotatable bonds is 7. The molecule has 0 aliphatic rings. The van der Waals surface area contributed by atoms with E-state index in [4.69, 9.17) is 14.4 Å². The van der Waals surface area contributed by atoms with Crippen LogP contribution in [0.3, 0.4) is 0 Å². The van der Waals surface area contributed by atoms with Gasteiger partial charge in [0.25, 0.3) is 5.91 Å². The van der Waals surface area contributed by atoms with Gasteiger partial charge < -0.3 is 19.8 Å². The first-order valence-corrected chi connectivity index (χ1v) is 8.94. The monoisotopic (exact) mass is 389 g/mol. The van der Waals surface area contributed by atoms with E-state index in [-0.39, 0.29) is 0 Å². The molecule has 1 aromatic heterocycles. The van der Waals surface area contributed by atoms with Crippen LogP contribution in [0.1, 0.15) is 28.6 Å². The number of nitriles is 1. The average molecular weight is 389 g/mol. The number of nitrogens with one attached hydrogen (secondary N) is 2. The zero-order chi connectivity index (χ0) is 20.6. The number of amides is 1. The minimum Gasteiger partial charge on any atom is -0.467 e. The molecule has 29 heavy (non-hydrogen) atoms. The molecule has 7 nitrogen and oxygen atoms in total. The number of hydrogen-bond donors (Lipinski definition) is 2. The quantitative estimate of drug-likeness (QED) is 0.593. The molecule has 1 heterocycles. The fraction of sp³-hybridized carbons (Fsp3) is 0.136. The summed E-state index contributed by atoms with van der Waals surface area (Å²) in [5.41, 5.74) is 1.89. The van der Waals surface area contributed by atoms with Gasteiger partial charge >= 0.3 is 5.97 Å². The lowest BCUT2D eigenvalue weighted by Crippen LogP contribution is -2.30. The zero-order valence-electron chi connectivity index (χ0n) is 15.7. The van der Waals surface area contributed by atoms with Crippen molar-refractivity contribution in [2.24, 2.45) is 0 Å². The van der Waals surface area contributed by atoms with E-state index >= 15 is 0 Å². The van der Waals surface area contributed by atoms with Gasteiger partial charge in [-0.3, -0.25) is 4.79 Å². The predicted octanol–water partition coefficient (Wildman–Crippen LogP) is 3.95. The summed E-state index contributed by atoms with van der Waals surface area (Å²) in [4.78, 5) is 24.9. The van der Waals surface area contributed by atoms with E-state index in [1.165, 1.54) is 6.92 Å². The Hall–Kier alpha value is -4.05. The highest BCUT2D eigenvalue weighted by Gasteiger charge is 2.21. The maximum Gasteiger partial charge on any atom is 0.341 e. The van der Waals surface area contributed by atoms with E-state index in [0.29, 0.717) is 29.0 Å². The Morgan fingerprint density at radius 1 is 1.10 bits per heavy atom. The Labute approximate surface area is 167 Å². The lowest BCUT2D eigenvalue weighted by Gasteiger charge is -2.15. The van der Waals surface area contributed by atoms with E-state index in [1.807, 2.05) is 12.1 Å². The highest BCUT2D eigenvalue weighted by Crippen LogP contribution is 2.19. The second-order valence-corrected chi connectivity index (χ2v) is 6.20. The van der Waals surface area contributed by atoms with Crippen molar-refractivity contribution in [2.75, 3.05) is 10.6 Å². The van der Waals surface area contributed by atoms with Crippen LogP contribution in [-0.4, -0.2) is 18.0 Å². The molecular weight excluding hydrogens is 370 g/mol. The largest absolute Gasteiger partial charge is 0.467 e. The van der Waals surface area contributed by atoms with E-state index < -0.39 is 18.0 Å². The number of para-hydroxylation sites is 1. The van der Waals surface area contributed by atoms with Gasteiger partial charge in [0.15, 0.2) is 6.10 Å². The number of hydrogen-bond acceptors (Lipinski definition) is 6. The lowest BCUT2D eigenvalue weighted by atomic mass is 10.1. The first kappa shape index (κ1) is 19.7. The smallest absolute Gasteiger partial charge is 0.341 e. The molecule has 0 radical (unpaired) electrons. The Balaban J connectivity index is 1.61. The molecule has 0 spiro atoms. The van der Waals surface area contributed by atoms with Gasteiger partial charge in [-0.25, -0.2) is 4.79 Å². The van der Waals surface area contributed by atoms with Gasteiger partial charge in [-0.2, -0.15) is 5.26 Å². The fourth-order valence-electron chi connectivity index (χ4n) is 2.56. The van der Waals surface area contributed by atoms with E-state index in [0.717, 1.165) is 5.76 Å². The molecule has 0 unspecified atom stereocenters. The maximum atomic E-state index is 12.6. The molecule has 3 aromatic rings. The molecule has 0 saturated carbocycles. The standard InChI is InChI=1S/C22H19N3O4/c1-15(21(26)25-17-10-8-16(13-23)9-11-17)29-22(27)19-6-2-3-7-20(19)24-14-18-5-4-12-28-18/h2-12,15,24H,14H2,1H3,(H,25,26)/t15-/m1/s1. The van der Waals surface area contributed by atoms with Crippen LogP contribution in [0.25, 0.3) is 0 Å². The van der Waals surface area contributed by atoms with Gasteiger partial charge in [0, 0.05) is 11.4 Å². The normalized spacial score (nSPS) is 11.2. The predicted molar refractivity (Wildman–Crippen MR) is 107 cm³/mol. The van der Waals surface area contributed by atoms with Crippen LogP contribution in [0.4, 0.5) is 11.4 Å². The topological polar surface area (TPSA) is 104 Å². The van der Waals surface area contributed by atoms with Crippen molar-refractivity contribution in [1.29, 1.82) is 5.26 Å². The van der Waals surface area contributed by atoms with E-state index in [9.17, 15) is 9.59 Å². The molecule has 7 heteroatoms. The van der Waals surface area contributed by atoms with Crippen LogP contribution in [0, 0.1) is 11.3 Å². The lowest BCUT2D eigenvalue weighted by molar-refractivity contribution is -0.123.